The molecule has 1 amide bonds. The highest BCUT2D eigenvalue weighted by molar-refractivity contribution is 5.87. The van der Waals surface area contributed by atoms with Crippen molar-refractivity contribution in [1.82, 2.24) is 4.90 Å². The van der Waals surface area contributed by atoms with E-state index in [2.05, 4.69) is 30.0 Å². The van der Waals surface area contributed by atoms with Crippen molar-refractivity contribution >= 4 is 5.91 Å². The van der Waals surface area contributed by atoms with Gasteiger partial charge in [0.05, 0.1) is 5.92 Å². The minimum absolute atomic E-state index is 0.0819. The number of hydrogen-bond donors (Lipinski definition) is 1. The molecule has 1 aromatic carbocycles. The minimum atomic E-state index is 0.0819. The van der Waals surface area contributed by atoms with Crippen molar-refractivity contribution in [2.24, 2.45) is 11.7 Å². The van der Waals surface area contributed by atoms with Gasteiger partial charge in [0.25, 0.3) is 0 Å². The van der Waals surface area contributed by atoms with Gasteiger partial charge in [0.1, 0.15) is 0 Å². The van der Waals surface area contributed by atoms with Gasteiger partial charge in [0.2, 0.25) is 5.91 Å². The first-order valence-corrected chi connectivity index (χ1v) is 7.83. The Morgan fingerprint density at radius 1 is 1.40 bits per heavy atom. The van der Waals surface area contributed by atoms with Gasteiger partial charge in [0, 0.05) is 19.1 Å². The summed E-state index contributed by atoms with van der Waals surface area (Å²) in [7, 11) is 0. The average molecular weight is 272 g/mol. The molecule has 1 heterocycles. The van der Waals surface area contributed by atoms with Gasteiger partial charge in [0.15, 0.2) is 0 Å². The lowest BCUT2D eigenvalue weighted by Gasteiger charge is -2.42. The molecule has 1 aromatic rings. The summed E-state index contributed by atoms with van der Waals surface area (Å²) >= 11 is 0. The maximum absolute atomic E-state index is 12.8. The first kappa shape index (κ1) is 13.6. The van der Waals surface area contributed by atoms with Gasteiger partial charge in [-0.25, -0.2) is 0 Å². The van der Waals surface area contributed by atoms with Crippen molar-refractivity contribution in [1.29, 1.82) is 0 Å². The number of rotatable bonds is 3. The van der Waals surface area contributed by atoms with Crippen LogP contribution in [0.3, 0.4) is 0 Å². The number of fused-ring (bicyclic) bond motifs is 1. The van der Waals surface area contributed by atoms with E-state index in [0.29, 0.717) is 12.5 Å². The summed E-state index contributed by atoms with van der Waals surface area (Å²) in [5.74, 6) is 1.12. The third kappa shape index (κ3) is 2.24. The molecule has 2 aliphatic rings. The van der Waals surface area contributed by atoms with Crippen LogP contribution in [0.25, 0.3) is 0 Å². The largest absolute Gasteiger partial charge is 0.338 e. The van der Waals surface area contributed by atoms with Gasteiger partial charge < -0.3 is 10.6 Å². The van der Waals surface area contributed by atoms with Crippen LogP contribution in [0.2, 0.25) is 0 Å². The highest BCUT2D eigenvalue weighted by Gasteiger charge is 2.38. The number of piperidine rings is 1. The molecule has 0 bridgehead atoms. The fourth-order valence-corrected chi connectivity index (χ4v) is 3.70. The monoisotopic (exact) mass is 272 g/mol. The van der Waals surface area contributed by atoms with Crippen molar-refractivity contribution < 1.29 is 4.79 Å². The second kappa shape index (κ2) is 5.57. The van der Waals surface area contributed by atoms with E-state index in [9.17, 15) is 4.79 Å². The van der Waals surface area contributed by atoms with E-state index in [0.717, 1.165) is 31.7 Å². The van der Waals surface area contributed by atoms with Gasteiger partial charge in [-0.1, -0.05) is 37.6 Å². The summed E-state index contributed by atoms with van der Waals surface area (Å²) in [4.78, 5) is 14.8. The Bertz CT molecular complexity index is 500. The average Bonchev–Trinajstić information content (AvgIpc) is 2.47. The lowest BCUT2D eigenvalue weighted by atomic mass is 9.76. The minimum Gasteiger partial charge on any atom is -0.338 e. The summed E-state index contributed by atoms with van der Waals surface area (Å²) in [5, 5.41) is 0. The molecule has 0 saturated carbocycles. The zero-order valence-electron chi connectivity index (χ0n) is 12.2. The van der Waals surface area contributed by atoms with E-state index in [1.54, 1.807) is 0 Å². The molecule has 0 spiro atoms. The van der Waals surface area contributed by atoms with Crippen molar-refractivity contribution in [3.63, 3.8) is 0 Å². The zero-order valence-corrected chi connectivity index (χ0v) is 12.2. The van der Waals surface area contributed by atoms with Crippen LogP contribution in [0.1, 0.15) is 43.2 Å². The number of carbonyl (C=O) groups is 1. The molecule has 0 aromatic heterocycles. The number of hydrogen-bond acceptors (Lipinski definition) is 2. The van der Waals surface area contributed by atoms with Crippen molar-refractivity contribution in [2.75, 3.05) is 13.1 Å². The molecule has 3 heteroatoms. The molecule has 20 heavy (non-hydrogen) atoms. The third-order valence-electron chi connectivity index (χ3n) is 5.11. The predicted octanol–water partition coefficient (Wildman–Crippen LogP) is 2.30. The standard InChI is InChI=1S/C17H24N2O/c1-2-12-7-8-19(14(9-12)11-18)17(20)16-10-13-5-3-4-6-15(13)16/h3-6,12,14,16H,2,7-11,18H2,1H3. The number of carbonyl (C=O) groups excluding carboxylic acids is 1. The van der Waals surface area contributed by atoms with Gasteiger partial charge >= 0.3 is 0 Å². The first-order valence-electron chi connectivity index (χ1n) is 7.83. The van der Waals surface area contributed by atoms with Crippen LogP contribution in [0, 0.1) is 5.92 Å². The van der Waals surface area contributed by atoms with E-state index < -0.39 is 0 Å². The van der Waals surface area contributed by atoms with Crippen molar-refractivity contribution in [3.05, 3.63) is 35.4 Å². The van der Waals surface area contributed by atoms with Gasteiger partial charge in [-0.15, -0.1) is 0 Å². The normalized spacial score (nSPS) is 28.7. The molecule has 3 rings (SSSR count). The highest BCUT2D eigenvalue weighted by atomic mass is 16.2. The van der Waals surface area contributed by atoms with E-state index in [1.807, 2.05) is 6.07 Å². The van der Waals surface area contributed by atoms with Crippen LogP contribution in [0.15, 0.2) is 24.3 Å². The summed E-state index contributed by atoms with van der Waals surface area (Å²) in [6.45, 7) is 3.71. The topological polar surface area (TPSA) is 46.3 Å². The summed E-state index contributed by atoms with van der Waals surface area (Å²) < 4.78 is 0. The lowest BCUT2D eigenvalue weighted by molar-refractivity contribution is -0.137. The molecule has 1 fully saturated rings. The number of likely N-dealkylation sites (tertiary alicyclic amines) is 1. The fraction of sp³-hybridized carbons (Fsp3) is 0.588. The Morgan fingerprint density at radius 3 is 2.90 bits per heavy atom. The molecule has 1 aliphatic heterocycles. The molecule has 3 atom stereocenters. The Balaban J connectivity index is 1.72. The van der Waals surface area contributed by atoms with E-state index in [-0.39, 0.29) is 12.0 Å². The van der Waals surface area contributed by atoms with Gasteiger partial charge in [-0.05, 0) is 36.3 Å². The van der Waals surface area contributed by atoms with Crippen LogP contribution >= 0.6 is 0 Å². The SMILES string of the molecule is CCC1CCN(C(=O)C2Cc3ccccc32)C(CN)C1. The molecular weight excluding hydrogens is 248 g/mol. The van der Waals surface area contributed by atoms with Crippen molar-refractivity contribution in [2.45, 2.75) is 44.6 Å². The van der Waals surface area contributed by atoms with Gasteiger partial charge in [-0.2, -0.15) is 0 Å². The van der Waals surface area contributed by atoms with Crippen LogP contribution in [-0.4, -0.2) is 29.9 Å². The number of nitrogens with two attached hydrogens (primary N) is 1. The summed E-state index contributed by atoms with van der Waals surface area (Å²) in [5.41, 5.74) is 8.47. The maximum atomic E-state index is 12.8. The molecule has 1 aliphatic carbocycles. The summed E-state index contributed by atoms with van der Waals surface area (Å²) in [6, 6.07) is 8.55. The second-order valence-electron chi connectivity index (χ2n) is 6.18. The maximum Gasteiger partial charge on any atom is 0.230 e. The quantitative estimate of drug-likeness (QED) is 0.917. The number of nitrogens with zero attached hydrogens (tertiary/aromatic N) is 1. The molecule has 2 N–H and O–H groups in total. The van der Waals surface area contributed by atoms with Crippen LogP contribution < -0.4 is 5.73 Å². The van der Waals surface area contributed by atoms with Crippen LogP contribution in [-0.2, 0) is 11.2 Å². The smallest absolute Gasteiger partial charge is 0.230 e. The molecule has 3 unspecified atom stereocenters. The Kier molecular flexibility index (Phi) is 3.79. The van der Waals surface area contributed by atoms with Gasteiger partial charge in [-0.3, -0.25) is 4.79 Å². The van der Waals surface area contributed by atoms with Crippen LogP contribution in [0.4, 0.5) is 0 Å². The molecule has 1 saturated heterocycles. The van der Waals surface area contributed by atoms with E-state index in [4.69, 9.17) is 5.73 Å². The van der Waals surface area contributed by atoms with E-state index in [1.165, 1.54) is 17.5 Å². The highest BCUT2D eigenvalue weighted by Crippen LogP contribution is 2.38. The first-order chi connectivity index (χ1) is 9.74. The van der Waals surface area contributed by atoms with E-state index >= 15 is 0 Å². The number of benzene rings is 1. The number of amides is 1. The Morgan fingerprint density at radius 2 is 2.20 bits per heavy atom. The Hall–Kier alpha value is -1.35. The fourth-order valence-electron chi connectivity index (χ4n) is 3.70. The molecular formula is C17H24N2O. The third-order valence-corrected chi connectivity index (χ3v) is 5.11. The van der Waals surface area contributed by atoms with Crippen LogP contribution in [0.5, 0.6) is 0 Å². The molecule has 0 radical (unpaired) electrons. The molecule has 108 valence electrons. The van der Waals surface area contributed by atoms with Crippen molar-refractivity contribution in [3.8, 4) is 0 Å². The molecule has 3 nitrogen and oxygen atoms in total. The second-order valence-corrected chi connectivity index (χ2v) is 6.18. The Labute approximate surface area is 121 Å². The summed E-state index contributed by atoms with van der Waals surface area (Å²) in [6.07, 6.45) is 4.31. The predicted molar refractivity (Wildman–Crippen MR) is 80.5 cm³/mol. The lowest BCUT2D eigenvalue weighted by Crippen LogP contribution is -2.52. The zero-order chi connectivity index (χ0) is 14.1.